The van der Waals surface area contributed by atoms with Gasteiger partial charge in [0.2, 0.25) is 31.5 Å². The summed E-state index contributed by atoms with van der Waals surface area (Å²) >= 11 is 7.36. The first-order valence-electron chi connectivity index (χ1n) is 44.0. The van der Waals surface area contributed by atoms with Crippen LogP contribution in [0.4, 0.5) is 8.78 Å². The predicted octanol–water partition coefficient (Wildman–Crippen LogP) is 5.49. The summed E-state index contributed by atoms with van der Waals surface area (Å²) < 4.78 is 96.3. The Morgan fingerprint density at radius 3 is 0.876 bits per heavy atom. The van der Waals surface area contributed by atoms with Gasteiger partial charge in [-0.2, -0.15) is 0 Å². The Morgan fingerprint density at radius 1 is 0.328 bits per heavy atom. The number of thiophene rings is 5. The van der Waals surface area contributed by atoms with E-state index in [-0.39, 0.29) is 22.7 Å². The van der Waals surface area contributed by atoms with Crippen LogP contribution in [-0.4, -0.2) is 307 Å². The molecule has 21 N–H and O–H groups in total. The summed E-state index contributed by atoms with van der Waals surface area (Å²) in [7, 11) is 1.65. The van der Waals surface area contributed by atoms with Crippen LogP contribution in [0, 0.1) is 13.8 Å². The van der Waals surface area contributed by atoms with E-state index >= 15 is 0 Å². The molecule has 34 nitrogen and oxygen atoms in total. The average molecular weight is 2010 g/mol. The molecule has 0 bridgehead atoms. The van der Waals surface area contributed by atoms with Crippen LogP contribution in [0.1, 0.15) is 109 Å². The third kappa shape index (κ3) is 27.3. The average Bonchev–Trinajstić information content (AvgIpc) is 1.75. The van der Waals surface area contributed by atoms with Crippen molar-refractivity contribution in [3.8, 4) is 51.7 Å². The first kappa shape index (κ1) is 108. The van der Waals surface area contributed by atoms with Gasteiger partial charge in [-0.1, -0.05) is 113 Å². The molecule has 25 atom stereocenters. The van der Waals surface area contributed by atoms with E-state index in [0.29, 0.717) is 71.3 Å². The highest BCUT2D eigenvalue weighted by molar-refractivity contribution is 7.11. The molecule has 0 saturated carbocycles. The molecule has 5 aromatic carbocycles. The number of benzene rings is 5. The van der Waals surface area contributed by atoms with Crippen molar-refractivity contribution in [2.45, 2.75) is 252 Å². The molecule has 750 valence electrons. The number of phenolic OH excluding ortho intramolecular Hbond substituents is 1. The highest BCUT2D eigenvalue weighted by Crippen LogP contribution is 2.44. The van der Waals surface area contributed by atoms with Crippen molar-refractivity contribution >= 4 is 56.7 Å². The van der Waals surface area contributed by atoms with E-state index in [0.717, 1.165) is 71.5 Å². The Morgan fingerprint density at radius 2 is 0.591 bits per heavy atom. The number of aromatic hydroxyl groups is 1. The van der Waals surface area contributed by atoms with Gasteiger partial charge in [-0.25, -0.2) is 0 Å². The van der Waals surface area contributed by atoms with Gasteiger partial charge in [0, 0.05) is 32.1 Å². The first-order chi connectivity index (χ1) is 65.3. The molecule has 6 aliphatic rings. The minimum atomic E-state index is -3.69. The highest BCUT2D eigenvalue weighted by atomic mass is 32.1. The SMILES string of the molecule is CC(C)(C)c1ccc(Cc2sccc2OC2OC(CO)C(O)C(O)C2O)cc1.CCCc1ccc(Cc2sccc2OC2OC(CO)C(O)C(O)C2O)cc1.COc1c(C)cc(Cc2sccc2OC2OC(CO)C(O)C(O)C2O)cc1C.OCC1OC(Oc2ccsc2Cc2ccc(O)cc2)C(O)C(O)C1O.OCC1OC(Oc2ccsc2Cc2ccc3c(c2)OC(F)(F)O3)C(O)C(O)C1O. The number of halogens is 2. The largest absolute Gasteiger partial charge is 0.586 e. The molecule has 25 unspecified atom stereocenters. The number of aliphatic hydroxyl groups is 20. The van der Waals surface area contributed by atoms with Crippen LogP contribution >= 0.6 is 56.7 Å². The number of fused-ring (bicyclic) bond motifs is 1. The summed E-state index contributed by atoms with van der Waals surface area (Å²) in [5, 5.41) is 214. The molecule has 16 rings (SSSR count). The van der Waals surface area contributed by atoms with Gasteiger partial charge >= 0.3 is 6.29 Å². The molecule has 0 spiro atoms. The quantitative estimate of drug-likeness (QED) is 0.0288. The van der Waals surface area contributed by atoms with Crippen molar-refractivity contribution < 1.29 is 178 Å². The number of hydrogen-bond donors (Lipinski definition) is 21. The van der Waals surface area contributed by atoms with Gasteiger partial charge in [-0.3, -0.25) is 0 Å². The summed E-state index contributed by atoms with van der Waals surface area (Å²) in [5.74, 6) is 3.41. The number of rotatable bonds is 28. The second kappa shape index (κ2) is 48.9. The van der Waals surface area contributed by atoms with E-state index in [4.69, 9.17) is 52.1 Å². The molecule has 10 aromatic rings. The Kier molecular flexibility index (Phi) is 38.4. The lowest BCUT2D eigenvalue weighted by Gasteiger charge is -2.39. The maximum Gasteiger partial charge on any atom is 0.586 e. The van der Waals surface area contributed by atoms with Gasteiger partial charge in [0.15, 0.2) is 11.5 Å². The number of aliphatic hydroxyl groups excluding tert-OH is 20. The Balaban J connectivity index is 0.000000154. The van der Waals surface area contributed by atoms with E-state index in [9.17, 15) is 116 Å². The molecule has 5 fully saturated rings. The summed E-state index contributed by atoms with van der Waals surface area (Å²) in [4.78, 5) is 4.44. The van der Waals surface area contributed by atoms with Gasteiger partial charge in [0.05, 0.1) is 64.5 Å². The van der Waals surface area contributed by atoms with E-state index in [1.54, 1.807) is 73.2 Å². The zero-order valence-corrected chi connectivity index (χ0v) is 79.6. The first-order valence-corrected chi connectivity index (χ1v) is 48.4. The zero-order chi connectivity index (χ0) is 99.0. The third-order valence-corrected chi connectivity index (χ3v) is 27.8. The molecule has 0 radical (unpaired) electrons. The van der Waals surface area contributed by atoms with Crippen molar-refractivity contribution in [2.75, 3.05) is 40.1 Å². The number of aryl methyl sites for hydroxylation is 3. The Hall–Kier alpha value is -8.34. The summed E-state index contributed by atoms with van der Waals surface area (Å²) in [6.07, 6.45) is -31.6. The van der Waals surface area contributed by atoms with Crippen molar-refractivity contribution in [1.29, 1.82) is 0 Å². The van der Waals surface area contributed by atoms with Crippen LogP contribution in [0.5, 0.6) is 51.7 Å². The maximum absolute atomic E-state index is 13.2. The van der Waals surface area contributed by atoms with Gasteiger partial charge in [0.1, 0.15) is 162 Å². The molecule has 0 aliphatic carbocycles. The third-order valence-electron chi connectivity index (χ3n) is 23.3. The van der Waals surface area contributed by atoms with Gasteiger partial charge in [-0.15, -0.1) is 65.5 Å². The van der Waals surface area contributed by atoms with Crippen molar-refractivity contribution in [2.24, 2.45) is 0 Å². The second-order valence-electron chi connectivity index (χ2n) is 34.4. The van der Waals surface area contributed by atoms with Crippen LogP contribution in [0.25, 0.3) is 0 Å². The maximum atomic E-state index is 13.2. The van der Waals surface area contributed by atoms with Crippen LogP contribution in [0.2, 0.25) is 0 Å². The molecule has 5 aromatic heterocycles. The van der Waals surface area contributed by atoms with E-state index in [1.807, 2.05) is 35.4 Å². The summed E-state index contributed by atoms with van der Waals surface area (Å²) in [6, 6.07) is 40.9. The van der Waals surface area contributed by atoms with Crippen molar-refractivity contribution in [3.63, 3.8) is 0 Å². The molecular weight excluding hydrogens is 1900 g/mol. The minimum Gasteiger partial charge on any atom is -0.508 e. The fraction of sp³-hybridized carbons (Fsp3) is 0.479. The fourth-order valence-corrected chi connectivity index (χ4v) is 19.8. The van der Waals surface area contributed by atoms with E-state index in [2.05, 4.69) is 97.8 Å². The highest BCUT2D eigenvalue weighted by Gasteiger charge is 2.51. The van der Waals surface area contributed by atoms with Crippen molar-refractivity contribution in [3.05, 3.63) is 235 Å². The molecular formula is C96H118F2O34S5. The minimum absolute atomic E-state index is 0.0530. The topological polar surface area (TPSA) is 545 Å². The zero-order valence-electron chi connectivity index (χ0n) is 75.5. The van der Waals surface area contributed by atoms with E-state index < -0.39 is 193 Å². The lowest BCUT2D eigenvalue weighted by molar-refractivity contribution is -0.286. The number of alkyl halides is 2. The smallest absolute Gasteiger partial charge is 0.508 e. The second-order valence-corrected chi connectivity index (χ2v) is 39.4. The van der Waals surface area contributed by atoms with E-state index in [1.165, 1.54) is 79.9 Å². The van der Waals surface area contributed by atoms with Crippen LogP contribution in [0.3, 0.4) is 0 Å². The molecule has 137 heavy (non-hydrogen) atoms. The fourth-order valence-electron chi connectivity index (χ4n) is 15.6. The molecule has 11 heterocycles. The van der Waals surface area contributed by atoms with Crippen LogP contribution in [-0.2, 0) is 67.6 Å². The molecule has 0 amide bonds. The number of hydrogen-bond acceptors (Lipinski definition) is 39. The van der Waals surface area contributed by atoms with Crippen molar-refractivity contribution in [1.82, 2.24) is 0 Å². The lowest BCUT2D eigenvalue weighted by Crippen LogP contribution is -2.60. The number of ether oxygens (including phenoxy) is 13. The van der Waals surface area contributed by atoms with Gasteiger partial charge < -0.3 is 169 Å². The normalized spacial score (nSPS) is 28.8. The van der Waals surface area contributed by atoms with Crippen LogP contribution < -0.4 is 37.9 Å². The predicted molar refractivity (Wildman–Crippen MR) is 496 cm³/mol. The summed E-state index contributed by atoms with van der Waals surface area (Å²) in [5.41, 5.74) is 9.77. The van der Waals surface area contributed by atoms with Gasteiger partial charge in [-0.05, 0) is 157 Å². The molecule has 5 saturated heterocycles. The Bertz CT molecular complexity index is 5330. The monoisotopic (exact) mass is 2010 g/mol. The number of methoxy groups -OCH3 is 1. The Labute approximate surface area is 807 Å². The summed E-state index contributed by atoms with van der Waals surface area (Å²) in [6.45, 7) is 10.1. The molecule has 41 heteroatoms. The van der Waals surface area contributed by atoms with Gasteiger partial charge in [0.25, 0.3) is 0 Å². The van der Waals surface area contributed by atoms with Crippen LogP contribution in [0.15, 0.2) is 160 Å². The molecule has 6 aliphatic heterocycles. The standard InChI is InChI=1S/C21H28O6S.C20H26O7S.C20H26O6S.C18H18F2O8S.C17H20O7S/c1-21(2,3)13-6-4-12(5-7-13)10-16-14(8-9-28-16)26-20-19(25)18(24)17(23)15(11-22)27-20;1-10-6-12(7-11(2)19(10)25-3)8-15-13(4-5-28-15)26-20-18(24)17(23)16(22)14(9-21)27-20;1-2-3-12-4-6-13(7-5-12)10-16-14(8-9-27-16)25-20-19(24)18(23)17(22)15(11-21)26-20;19-18(20)27-9-2-1-8(5-11(9)28-18)6-13-10(3-4-29-13)25-17-16(24)15(23)14(22)12(7-21)26-17;18-8-12-14(20)15(21)16(22)17(24-12)23-11-5-6-25-13(11)7-9-1-3-10(19)4-2-9/h4-9,15,17-20,22-25H,10-11H2,1-3H3;4-7,14,16-18,20-24H,8-9H2,1-3H3;4-9,15,17-24H,2-3,10-11H2,1H3;1-5,12,14-17,21-24H,6-7H2;1-6,12,14-22H,7-8H2. The number of phenols is 1. The lowest BCUT2D eigenvalue weighted by atomic mass is 9.86.